The molecular weight excluding hydrogens is 233 g/mol. The van der Waals surface area contributed by atoms with E-state index in [1.54, 1.807) is 12.1 Å². The number of nitrogens with two attached hydrogens (primary N) is 1. The van der Waals surface area contributed by atoms with Crippen molar-refractivity contribution < 1.29 is 9.50 Å². The number of hydrogen-bond acceptors (Lipinski definition) is 2. The minimum atomic E-state index is -0.827. The quantitative estimate of drug-likeness (QED) is 0.625. The molecule has 1 aromatic carbocycles. The topological polar surface area (TPSA) is 61.8 Å². The smallest absolute Gasteiger partial charge is 0.191 e. The van der Waals surface area contributed by atoms with Crippen LogP contribution in [0.1, 0.15) is 24.5 Å². The van der Waals surface area contributed by atoms with Gasteiger partial charge >= 0.3 is 0 Å². The number of aliphatic hydroxyl groups is 1. The minimum Gasteiger partial charge on any atom is -0.386 e. The first-order valence-electron chi connectivity index (χ1n) is 6.04. The van der Waals surface area contributed by atoms with Crippen molar-refractivity contribution in [2.24, 2.45) is 10.7 Å². The number of aliphatic imine (C=N–C) groups is 1. The van der Waals surface area contributed by atoms with E-state index in [4.69, 9.17) is 5.73 Å². The van der Waals surface area contributed by atoms with E-state index in [0.717, 1.165) is 12.8 Å². The van der Waals surface area contributed by atoms with Crippen molar-refractivity contribution in [3.63, 3.8) is 0 Å². The molecule has 0 saturated heterocycles. The first-order chi connectivity index (χ1) is 8.58. The number of benzene rings is 1. The molecule has 0 spiro atoms. The van der Waals surface area contributed by atoms with Crippen LogP contribution in [0.5, 0.6) is 0 Å². The highest BCUT2D eigenvalue weighted by Gasteiger charge is 2.27. The summed E-state index contributed by atoms with van der Waals surface area (Å²) in [4.78, 5) is 6.05. The molecule has 4 nitrogen and oxygen atoms in total. The highest BCUT2D eigenvalue weighted by Crippen LogP contribution is 2.25. The van der Waals surface area contributed by atoms with Gasteiger partial charge in [0.15, 0.2) is 5.96 Å². The van der Waals surface area contributed by atoms with Crippen LogP contribution in [0.2, 0.25) is 0 Å². The Hall–Kier alpha value is -1.62. The second kappa shape index (κ2) is 5.35. The van der Waals surface area contributed by atoms with Gasteiger partial charge in [-0.25, -0.2) is 4.39 Å². The van der Waals surface area contributed by atoms with Gasteiger partial charge < -0.3 is 15.7 Å². The molecule has 3 N–H and O–H groups in total. The van der Waals surface area contributed by atoms with E-state index in [-0.39, 0.29) is 12.4 Å². The van der Waals surface area contributed by atoms with Crippen molar-refractivity contribution in [1.29, 1.82) is 0 Å². The number of halogens is 1. The number of guanidine groups is 1. The summed E-state index contributed by atoms with van der Waals surface area (Å²) in [7, 11) is 1.89. The molecule has 1 aliphatic carbocycles. The van der Waals surface area contributed by atoms with E-state index < -0.39 is 6.10 Å². The van der Waals surface area contributed by atoms with Gasteiger partial charge in [-0.2, -0.15) is 0 Å². The third-order valence-electron chi connectivity index (χ3n) is 3.12. The maximum absolute atomic E-state index is 13.0. The molecule has 2 rings (SSSR count). The Morgan fingerprint density at radius 3 is 2.94 bits per heavy atom. The zero-order valence-electron chi connectivity index (χ0n) is 10.4. The van der Waals surface area contributed by atoms with Crippen molar-refractivity contribution >= 4 is 5.96 Å². The molecule has 18 heavy (non-hydrogen) atoms. The monoisotopic (exact) mass is 251 g/mol. The SMILES string of the molecule is CN(C(N)=NCC(O)c1cccc(F)c1)C1CC1. The molecule has 1 fully saturated rings. The molecule has 1 aliphatic rings. The summed E-state index contributed by atoms with van der Waals surface area (Å²) in [6, 6.07) is 6.37. The third kappa shape index (κ3) is 3.20. The molecule has 1 aromatic rings. The summed E-state index contributed by atoms with van der Waals surface area (Å²) in [6.07, 6.45) is 1.45. The Bertz CT molecular complexity index is 446. The van der Waals surface area contributed by atoms with E-state index in [9.17, 15) is 9.50 Å². The van der Waals surface area contributed by atoms with Gasteiger partial charge in [0.05, 0.1) is 12.6 Å². The van der Waals surface area contributed by atoms with Crippen LogP contribution in [0.3, 0.4) is 0 Å². The van der Waals surface area contributed by atoms with E-state index in [1.807, 2.05) is 11.9 Å². The Morgan fingerprint density at radius 2 is 2.33 bits per heavy atom. The van der Waals surface area contributed by atoms with Crippen LogP contribution >= 0.6 is 0 Å². The highest BCUT2D eigenvalue weighted by atomic mass is 19.1. The molecular formula is C13H18FN3O. The molecule has 1 atom stereocenters. The summed E-state index contributed by atoms with van der Waals surface area (Å²) >= 11 is 0. The van der Waals surface area contributed by atoms with Gasteiger partial charge in [0.2, 0.25) is 0 Å². The Kier molecular flexibility index (Phi) is 3.81. The summed E-state index contributed by atoms with van der Waals surface area (Å²) in [5.41, 5.74) is 6.32. The molecule has 5 heteroatoms. The fourth-order valence-electron chi connectivity index (χ4n) is 1.76. The van der Waals surface area contributed by atoms with Crippen LogP contribution in [0.4, 0.5) is 4.39 Å². The van der Waals surface area contributed by atoms with Crippen molar-refractivity contribution in [2.45, 2.75) is 25.0 Å². The summed E-state index contributed by atoms with van der Waals surface area (Å²) < 4.78 is 13.0. The molecule has 1 unspecified atom stereocenters. The lowest BCUT2D eigenvalue weighted by atomic mass is 10.1. The second-order valence-electron chi connectivity index (χ2n) is 4.61. The predicted octanol–water partition coefficient (Wildman–Crippen LogP) is 1.27. The third-order valence-corrected chi connectivity index (χ3v) is 3.12. The van der Waals surface area contributed by atoms with Crippen molar-refractivity contribution in [3.8, 4) is 0 Å². The van der Waals surface area contributed by atoms with Crippen LogP contribution in [-0.4, -0.2) is 35.6 Å². The van der Waals surface area contributed by atoms with Crippen LogP contribution < -0.4 is 5.73 Å². The number of aliphatic hydroxyl groups excluding tert-OH is 1. The number of rotatable bonds is 4. The lowest BCUT2D eigenvalue weighted by Crippen LogP contribution is -2.36. The molecule has 98 valence electrons. The van der Waals surface area contributed by atoms with E-state index in [1.165, 1.54) is 12.1 Å². The van der Waals surface area contributed by atoms with Gasteiger partial charge in [-0.3, -0.25) is 4.99 Å². The predicted molar refractivity (Wildman–Crippen MR) is 68.6 cm³/mol. The number of hydrogen-bond donors (Lipinski definition) is 2. The zero-order chi connectivity index (χ0) is 13.1. The molecule has 0 aliphatic heterocycles. The van der Waals surface area contributed by atoms with E-state index in [0.29, 0.717) is 17.6 Å². The second-order valence-corrected chi connectivity index (χ2v) is 4.61. The fraction of sp³-hybridized carbons (Fsp3) is 0.462. The standard InChI is InChI=1S/C13H18FN3O/c1-17(11-5-6-11)13(15)16-8-12(18)9-3-2-4-10(14)7-9/h2-4,7,11-12,18H,5-6,8H2,1H3,(H2,15,16). The van der Waals surface area contributed by atoms with Gasteiger partial charge in [-0.1, -0.05) is 12.1 Å². The average Bonchev–Trinajstić information content (AvgIpc) is 3.18. The Morgan fingerprint density at radius 1 is 1.61 bits per heavy atom. The Labute approximate surface area is 106 Å². The number of nitrogens with zero attached hydrogens (tertiary/aromatic N) is 2. The summed E-state index contributed by atoms with van der Waals surface area (Å²) in [5.74, 6) is 0.0616. The van der Waals surface area contributed by atoms with Crippen molar-refractivity contribution in [1.82, 2.24) is 4.90 Å². The van der Waals surface area contributed by atoms with Gasteiger partial charge in [0.25, 0.3) is 0 Å². The van der Waals surface area contributed by atoms with Crippen molar-refractivity contribution in [3.05, 3.63) is 35.6 Å². The molecule has 0 aromatic heterocycles. The minimum absolute atomic E-state index is 0.145. The first-order valence-corrected chi connectivity index (χ1v) is 6.04. The van der Waals surface area contributed by atoms with Gasteiger partial charge in [0, 0.05) is 13.1 Å². The maximum atomic E-state index is 13.0. The van der Waals surface area contributed by atoms with Crippen LogP contribution in [0.15, 0.2) is 29.3 Å². The fourth-order valence-corrected chi connectivity index (χ4v) is 1.76. The van der Waals surface area contributed by atoms with Crippen LogP contribution in [-0.2, 0) is 0 Å². The van der Waals surface area contributed by atoms with Crippen LogP contribution in [0, 0.1) is 5.82 Å². The van der Waals surface area contributed by atoms with Crippen molar-refractivity contribution in [2.75, 3.05) is 13.6 Å². The molecule has 0 bridgehead atoms. The first kappa shape index (κ1) is 12.8. The van der Waals surface area contributed by atoms with E-state index in [2.05, 4.69) is 4.99 Å². The molecule has 0 radical (unpaired) electrons. The Balaban J connectivity index is 1.94. The summed E-state index contributed by atoms with van der Waals surface area (Å²) in [5, 5.41) is 9.88. The maximum Gasteiger partial charge on any atom is 0.191 e. The normalized spacial score (nSPS) is 17.6. The lowest BCUT2D eigenvalue weighted by molar-refractivity contribution is 0.186. The molecule has 0 heterocycles. The van der Waals surface area contributed by atoms with Gasteiger partial charge in [0.1, 0.15) is 5.82 Å². The molecule has 1 saturated carbocycles. The lowest BCUT2D eigenvalue weighted by Gasteiger charge is -2.17. The van der Waals surface area contributed by atoms with Crippen LogP contribution in [0.25, 0.3) is 0 Å². The van der Waals surface area contributed by atoms with Gasteiger partial charge in [-0.15, -0.1) is 0 Å². The largest absolute Gasteiger partial charge is 0.386 e. The van der Waals surface area contributed by atoms with E-state index >= 15 is 0 Å². The summed E-state index contributed by atoms with van der Waals surface area (Å²) in [6.45, 7) is 0.145. The highest BCUT2D eigenvalue weighted by molar-refractivity contribution is 5.78. The average molecular weight is 251 g/mol. The zero-order valence-corrected chi connectivity index (χ0v) is 10.4. The molecule has 0 amide bonds. The van der Waals surface area contributed by atoms with Gasteiger partial charge in [-0.05, 0) is 30.5 Å².